The molecule has 2 unspecified atom stereocenters. The van der Waals surface area contributed by atoms with Gasteiger partial charge in [0, 0.05) is 13.2 Å². The Balaban J connectivity index is 2.12. The van der Waals surface area contributed by atoms with Crippen molar-refractivity contribution in [3.8, 4) is 0 Å². The van der Waals surface area contributed by atoms with Gasteiger partial charge in [0.2, 0.25) is 0 Å². The lowest BCUT2D eigenvalue weighted by molar-refractivity contribution is -0.0637. The molecule has 2 N–H and O–H groups in total. The minimum absolute atomic E-state index is 0.353. The van der Waals surface area contributed by atoms with Gasteiger partial charge in [0.25, 0.3) is 0 Å². The minimum Gasteiger partial charge on any atom is -0.378 e. The molecule has 11 heavy (non-hydrogen) atoms. The summed E-state index contributed by atoms with van der Waals surface area (Å²) in [5.41, 5.74) is 5.32. The van der Waals surface area contributed by atoms with Crippen molar-refractivity contribution in [1.82, 2.24) is 0 Å². The molecule has 0 radical (unpaired) electrons. The molecule has 0 aliphatic carbocycles. The van der Waals surface area contributed by atoms with Gasteiger partial charge in [0.05, 0.1) is 18.8 Å². The zero-order valence-electron chi connectivity index (χ0n) is 7.08. The summed E-state index contributed by atoms with van der Waals surface area (Å²) in [6.07, 6.45) is 2.76. The quantitative estimate of drug-likeness (QED) is 0.653. The third-order valence-electron chi connectivity index (χ3n) is 1.91. The summed E-state index contributed by atoms with van der Waals surface area (Å²) in [6, 6.07) is 0. The highest BCUT2D eigenvalue weighted by atomic mass is 16.5. The largest absolute Gasteiger partial charge is 0.378 e. The Bertz CT molecular complexity index is 108. The lowest BCUT2D eigenvalue weighted by Gasteiger charge is -2.27. The number of rotatable bonds is 3. The lowest BCUT2D eigenvalue weighted by Crippen LogP contribution is -2.30. The Labute approximate surface area is 67.9 Å². The third kappa shape index (κ3) is 3.18. The van der Waals surface area contributed by atoms with Crippen LogP contribution in [0.1, 0.15) is 19.8 Å². The van der Waals surface area contributed by atoms with Gasteiger partial charge in [-0.25, -0.2) is 0 Å². The van der Waals surface area contributed by atoms with Gasteiger partial charge in [-0.15, -0.1) is 0 Å². The van der Waals surface area contributed by atoms with Gasteiger partial charge in [-0.05, 0) is 19.8 Å². The SMILES string of the molecule is CC1CC(OCCN)CCO1. The molecule has 0 saturated carbocycles. The maximum atomic E-state index is 5.50. The van der Waals surface area contributed by atoms with Crippen LogP contribution < -0.4 is 5.73 Å². The molecule has 0 bridgehead atoms. The van der Waals surface area contributed by atoms with Crippen LogP contribution in [0.3, 0.4) is 0 Å². The molecular formula is C8H17NO2. The first-order valence-corrected chi connectivity index (χ1v) is 4.26. The summed E-state index contributed by atoms with van der Waals surface area (Å²) in [6.45, 7) is 4.21. The molecule has 3 heteroatoms. The molecule has 3 nitrogen and oxygen atoms in total. The van der Waals surface area contributed by atoms with Crippen LogP contribution in [0.25, 0.3) is 0 Å². The van der Waals surface area contributed by atoms with Crippen molar-refractivity contribution < 1.29 is 9.47 Å². The predicted molar refractivity (Wildman–Crippen MR) is 43.4 cm³/mol. The van der Waals surface area contributed by atoms with Crippen LogP contribution in [0.4, 0.5) is 0 Å². The van der Waals surface area contributed by atoms with Gasteiger partial charge >= 0.3 is 0 Å². The van der Waals surface area contributed by atoms with E-state index in [4.69, 9.17) is 15.2 Å². The van der Waals surface area contributed by atoms with E-state index in [0.29, 0.717) is 25.4 Å². The monoisotopic (exact) mass is 159 g/mol. The first kappa shape index (κ1) is 8.97. The van der Waals surface area contributed by atoms with Crippen molar-refractivity contribution in [2.45, 2.75) is 32.0 Å². The fourth-order valence-corrected chi connectivity index (χ4v) is 1.34. The average molecular weight is 159 g/mol. The smallest absolute Gasteiger partial charge is 0.0622 e. The molecule has 0 amide bonds. The van der Waals surface area contributed by atoms with E-state index in [1.165, 1.54) is 0 Å². The molecular weight excluding hydrogens is 142 g/mol. The summed E-state index contributed by atoms with van der Waals surface area (Å²) >= 11 is 0. The zero-order chi connectivity index (χ0) is 8.10. The van der Waals surface area contributed by atoms with Gasteiger partial charge in [0.15, 0.2) is 0 Å². The maximum absolute atomic E-state index is 5.50. The molecule has 66 valence electrons. The van der Waals surface area contributed by atoms with E-state index < -0.39 is 0 Å². The molecule has 1 rings (SSSR count). The Kier molecular flexibility index (Phi) is 3.83. The summed E-state index contributed by atoms with van der Waals surface area (Å²) < 4.78 is 10.9. The normalized spacial score (nSPS) is 32.2. The van der Waals surface area contributed by atoms with Gasteiger partial charge < -0.3 is 15.2 Å². The van der Waals surface area contributed by atoms with E-state index in [-0.39, 0.29) is 0 Å². The number of hydrogen-bond donors (Lipinski definition) is 1. The van der Waals surface area contributed by atoms with Gasteiger partial charge in [-0.2, -0.15) is 0 Å². The molecule has 1 heterocycles. The molecule has 1 fully saturated rings. The minimum atomic E-state index is 0.353. The molecule has 1 aliphatic heterocycles. The van der Waals surface area contributed by atoms with Crippen molar-refractivity contribution >= 4 is 0 Å². The van der Waals surface area contributed by atoms with Crippen LogP contribution in [0, 0.1) is 0 Å². The van der Waals surface area contributed by atoms with Gasteiger partial charge in [-0.1, -0.05) is 0 Å². The van der Waals surface area contributed by atoms with E-state index >= 15 is 0 Å². The second-order valence-corrected chi connectivity index (χ2v) is 2.99. The first-order valence-electron chi connectivity index (χ1n) is 4.26. The summed E-state index contributed by atoms with van der Waals surface area (Å²) in [4.78, 5) is 0. The summed E-state index contributed by atoms with van der Waals surface area (Å²) in [7, 11) is 0. The van der Waals surface area contributed by atoms with E-state index in [1.807, 2.05) is 0 Å². The third-order valence-corrected chi connectivity index (χ3v) is 1.91. The van der Waals surface area contributed by atoms with Crippen LogP contribution in [0.2, 0.25) is 0 Å². The topological polar surface area (TPSA) is 44.5 Å². The highest BCUT2D eigenvalue weighted by molar-refractivity contribution is 4.68. The molecule has 0 aromatic carbocycles. The molecule has 1 aliphatic rings. The van der Waals surface area contributed by atoms with E-state index in [0.717, 1.165) is 19.4 Å². The van der Waals surface area contributed by atoms with Crippen LogP contribution >= 0.6 is 0 Å². The standard InChI is InChI=1S/C8H17NO2/c1-7-6-8(2-4-10-7)11-5-3-9/h7-8H,2-6,9H2,1H3. The second kappa shape index (κ2) is 4.70. The van der Waals surface area contributed by atoms with Crippen molar-refractivity contribution in [2.75, 3.05) is 19.8 Å². The predicted octanol–water partition coefficient (Wildman–Crippen LogP) is 0.529. The maximum Gasteiger partial charge on any atom is 0.0622 e. The van der Waals surface area contributed by atoms with E-state index in [2.05, 4.69) is 6.92 Å². The summed E-state index contributed by atoms with van der Waals surface area (Å²) in [5, 5.41) is 0. The molecule has 0 aromatic heterocycles. The molecule has 1 saturated heterocycles. The van der Waals surface area contributed by atoms with Crippen LogP contribution in [0.5, 0.6) is 0 Å². The Hall–Kier alpha value is -0.120. The number of ether oxygens (including phenoxy) is 2. The first-order chi connectivity index (χ1) is 5.33. The summed E-state index contributed by atoms with van der Waals surface area (Å²) in [5.74, 6) is 0. The highest BCUT2D eigenvalue weighted by Gasteiger charge is 2.18. The second-order valence-electron chi connectivity index (χ2n) is 2.99. The van der Waals surface area contributed by atoms with Crippen LogP contribution in [0.15, 0.2) is 0 Å². The van der Waals surface area contributed by atoms with Gasteiger partial charge in [0.1, 0.15) is 0 Å². The van der Waals surface area contributed by atoms with Crippen LogP contribution in [-0.4, -0.2) is 32.0 Å². The molecule has 0 aromatic rings. The van der Waals surface area contributed by atoms with Crippen molar-refractivity contribution in [3.63, 3.8) is 0 Å². The lowest BCUT2D eigenvalue weighted by atomic mass is 10.1. The van der Waals surface area contributed by atoms with Crippen molar-refractivity contribution in [2.24, 2.45) is 5.73 Å². The van der Waals surface area contributed by atoms with Gasteiger partial charge in [-0.3, -0.25) is 0 Å². The molecule has 0 spiro atoms. The van der Waals surface area contributed by atoms with E-state index in [9.17, 15) is 0 Å². The Morgan fingerprint density at radius 3 is 3.09 bits per heavy atom. The van der Waals surface area contributed by atoms with Crippen molar-refractivity contribution in [1.29, 1.82) is 0 Å². The Morgan fingerprint density at radius 1 is 1.64 bits per heavy atom. The van der Waals surface area contributed by atoms with Crippen molar-refractivity contribution in [3.05, 3.63) is 0 Å². The highest BCUT2D eigenvalue weighted by Crippen LogP contribution is 2.15. The number of hydrogen-bond acceptors (Lipinski definition) is 3. The fraction of sp³-hybridized carbons (Fsp3) is 1.00. The van der Waals surface area contributed by atoms with E-state index in [1.54, 1.807) is 0 Å². The zero-order valence-corrected chi connectivity index (χ0v) is 7.08. The Morgan fingerprint density at radius 2 is 2.45 bits per heavy atom. The number of nitrogens with two attached hydrogens (primary N) is 1. The molecule has 2 atom stereocenters. The fourth-order valence-electron chi connectivity index (χ4n) is 1.34. The van der Waals surface area contributed by atoms with Crippen LogP contribution in [-0.2, 0) is 9.47 Å². The average Bonchev–Trinajstić information content (AvgIpc) is 2.01.